The number of nitrogens with zero attached hydrogens (tertiary/aromatic N) is 3. The molecule has 1 unspecified atom stereocenters. The molecule has 1 aromatic heterocycles. The summed E-state index contributed by atoms with van der Waals surface area (Å²) in [5.41, 5.74) is 1.64. The van der Waals surface area contributed by atoms with Gasteiger partial charge in [0.2, 0.25) is 5.91 Å². The van der Waals surface area contributed by atoms with Gasteiger partial charge in [-0.15, -0.1) is 0 Å². The summed E-state index contributed by atoms with van der Waals surface area (Å²) in [6.07, 6.45) is 5.82. The van der Waals surface area contributed by atoms with Crippen LogP contribution in [0.2, 0.25) is 0 Å². The van der Waals surface area contributed by atoms with Crippen LogP contribution < -0.4 is 10.6 Å². The molecule has 2 amide bonds. The summed E-state index contributed by atoms with van der Waals surface area (Å²) >= 11 is 0. The van der Waals surface area contributed by atoms with Crippen LogP contribution in [0.15, 0.2) is 79.1 Å². The second-order valence-electron chi connectivity index (χ2n) is 9.01. The van der Waals surface area contributed by atoms with Crippen molar-refractivity contribution in [3.05, 3.63) is 102 Å². The highest BCUT2D eigenvalue weighted by Crippen LogP contribution is 2.33. The number of benzene rings is 1. The van der Waals surface area contributed by atoms with Crippen LogP contribution in [0.25, 0.3) is 5.57 Å². The fourth-order valence-electron chi connectivity index (χ4n) is 4.37. The summed E-state index contributed by atoms with van der Waals surface area (Å²) in [7, 11) is 0. The molecule has 0 aliphatic carbocycles. The topological polar surface area (TPSA) is 107 Å². The van der Waals surface area contributed by atoms with E-state index in [2.05, 4.69) is 33.8 Å². The Labute approximate surface area is 246 Å². The van der Waals surface area contributed by atoms with E-state index in [9.17, 15) is 18.4 Å². The number of aliphatic hydroxyl groups excluding tert-OH is 1. The molecular formula is C32H39F2N5O3. The van der Waals surface area contributed by atoms with E-state index in [1.807, 2.05) is 37.8 Å². The molecule has 8 nitrogen and oxygen atoms in total. The predicted molar refractivity (Wildman–Crippen MR) is 164 cm³/mol. The van der Waals surface area contributed by atoms with Gasteiger partial charge in [-0.05, 0) is 57.0 Å². The van der Waals surface area contributed by atoms with Gasteiger partial charge in [-0.3, -0.25) is 9.59 Å². The number of aromatic nitrogens is 2. The van der Waals surface area contributed by atoms with Crippen molar-refractivity contribution in [2.24, 2.45) is 0 Å². The van der Waals surface area contributed by atoms with Crippen LogP contribution in [0.4, 0.5) is 20.3 Å². The number of hydrogen-bond donors (Lipinski definition) is 3. The van der Waals surface area contributed by atoms with Gasteiger partial charge in [0.15, 0.2) is 5.82 Å². The maximum absolute atomic E-state index is 14.5. The number of likely N-dealkylation sites (N-methyl/N-ethyl adjacent to an activating group) is 1. The zero-order chi connectivity index (χ0) is 31.4. The molecule has 0 bridgehead atoms. The average Bonchev–Trinajstić information content (AvgIpc) is 3.56. The summed E-state index contributed by atoms with van der Waals surface area (Å²) < 4.78 is 28.9. The first-order valence-electron chi connectivity index (χ1n) is 13.8. The highest BCUT2D eigenvalue weighted by molar-refractivity contribution is 6.03. The molecule has 2 aliphatic heterocycles. The van der Waals surface area contributed by atoms with E-state index in [-0.39, 0.29) is 41.5 Å². The van der Waals surface area contributed by atoms with Gasteiger partial charge < -0.3 is 20.6 Å². The van der Waals surface area contributed by atoms with Crippen molar-refractivity contribution in [3.63, 3.8) is 0 Å². The minimum atomic E-state index is -0.912. The number of amides is 2. The normalized spacial score (nSPS) is 16.7. The van der Waals surface area contributed by atoms with E-state index in [1.165, 1.54) is 19.1 Å². The van der Waals surface area contributed by atoms with Gasteiger partial charge in [0.25, 0.3) is 5.91 Å². The Morgan fingerprint density at radius 3 is 2.36 bits per heavy atom. The summed E-state index contributed by atoms with van der Waals surface area (Å²) in [5.74, 6) is -1.95. The van der Waals surface area contributed by atoms with E-state index in [0.29, 0.717) is 23.7 Å². The van der Waals surface area contributed by atoms with Crippen LogP contribution in [0, 0.1) is 0 Å². The number of likely N-dealkylation sites (tertiary alicyclic amines) is 1. The molecule has 3 N–H and O–H groups in total. The van der Waals surface area contributed by atoms with Crippen molar-refractivity contribution >= 4 is 28.9 Å². The number of carbonyl (C=O) groups is 2. The number of allylic oxidation sites excluding steroid dienone is 8. The highest BCUT2D eigenvalue weighted by Gasteiger charge is 2.32. The molecule has 1 aromatic carbocycles. The Morgan fingerprint density at radius 1 is 1.19 bits per heavy atom. The number of rotatable bonds is 8. The Kier molecular flexibility index (Phi) is 12.8. The SMILES string of the molecule is C=C/C(F)=C(\C(F)=C/C)c1nc2c(c(Nc3ccc(C4CCN(CC)C4=O)cc3)n1)C(=O)NC2.C=C/C=C(\C)O.CC. The number of fused-ring (bicyclic) bond motifs is 1. The summed E-state index contributed by atoms with van der Waals surface area (Å²) in [6.45, 7) is 17.3. The third-order valence-electron chi connectivity index (χ3n) is 6.38. The molecule has 2 aromatic rings. The molecule has 2 aliphatic rings. The van der Waals surface area contributed by atoms with E-state index >= 15 is 0 Å². The van der Waals surface area contributed by atoms with E-state index < -0.39 is 17.2 Å². The van der Waals surface area contributed by atoms with Gasteiger partial charge in [0.1, 0.15) is 23.0 Å². The molecule has 224 valence electrons. The molecule has 1 saturated heterocycles. The Hall–Kier alpha value is -4.60. The number of aliphatic hydroxyl groups is 1. The molecule has 42 heavy (non-hydrogen) atoms. The van der Waals surface area contributed by atoms with Crippen LogP contribution in [0.1, 0.15) is 74.4 Å². The maximum atomic E-state index is 14.5. The molecule has 1 atom stereocenters. The summed E-state index contributed by atoms with van der Waals surface area (Å²) in [5, 5.41) is 14.1. The first-order valence-corrected chi connectivity index (χ1v) is 13.8. The number of carbonyl (C=O) groups excluding carboxylic acids is 2. The molecule has 0 radical (unpaired) electrons. The monoisotopic (exact) mass is 579 g/mol. The lowest BCUT2D eigenvalue weighted by atomic mass is 9.97. The first-order chi connectivity index (χ1) is 20.1. The second kappa shape index (κ2) is 16.0. The molecule has 0 saturated carbocycles. The van der Waals surface area contributed by atoms with Gasteiger partial charge in [-0.2, -0.15) is 0 Å². The van der Waals surface area contributed by atoms with Crippen LogP contribution in [0.3, 0.4) is 0 Å². The minimum Gasteiger partial charge on any atom is -0.513 e. The highest BCUT2D eigenvalue weighted by atomic mass is 19.1. The Morgan fingerprint density at radius 2 is 1.86 bits per heavy atom. The van der Waals surface area contributed by atoms with E-state index in [1.54, 1.807) is 19.1 Å². The lowest BCUT2D eigenvalue weighted by Gasteiger charge is -2.15. The number of anilines is 2. The standard InChI is InChI=1S/C25H25F2N5O2.C5H8O.C2H6/c1-4-17(26)20(18(27)5-2)22-30-19-13-28-24(33)21(19)23(31-22)29-15-9-7-14(8-10-15)16-11-12-32(6-3)25(16)34;1-3-4-5(2)6;1-2/h4-5,7-10,16H,1,6,11-13H2,2-3H3,(H,28,33)(H,29,30,31);3-4,6H,1H2,2H3;1-2H3/b18-5+,20-17-;5-4+;. The van der Waals surface area contributed by atoms with Crippen molar-refractivity contribution < 1.29 is 23.5 Å². The van der Waals surface area contributed by atoms with Gasteiger partial charge in [0.05, 0.1) is 29.5 Å². The molecule has 10 heteroatoms. The lowest BCUT2D eigenvalue weighted by molar-refractivity contribution is -0.128. The summed E-state index contributed by atoms with van der Waals surface area (Å²) in [4.78, 5) is 35.3. The van der Waals surface area contributed by atoms with Crippen molar-refractivity contribution in [3.8, 4) is 0 Å². The largest absolute Gasteiger partial charge is 0.513 e. The predicted octanol–water partition coefficient (Wildman–Crippen LogP) is 7.20. The van der Waals surface area contributed by atoms with Gasteiger partial charge >= 0.3 is 0 Å². The van der Waals surface area contributed by atoms with Gasteiger partial charge in [-0.25, -0.2) is 18.7 Å². The van der Waals surface area contributed by atoms with Crippen molar-refractivity contribution in [1.29, 1.82) is 0 Å². The van der Waals surface area contributed by atoms with Crippen molar-refractivity contribution in [2.45, 2.75) is 53.5 Å². The minimum absolute atomic E-state index is 0.118. The number of halogens is 2. The molecule has 0 spiro atoms. The quantitative estimate of drug-likeness (QED) is 0.226. The Balaban J connectivity index is 0.000000686. The first kappa shape index (κ1) is 33.6. The Bertz CT molecular complexity index is 1390. The summed E-state index contributed by atoms with van der Waals surface area (Å²) in [6, 6.07) is 7.28. The smallest absolute Gasteiger partial charge is 0.257 e. The number of hydrogen-bond acceptors (Lipinski definition) is 6. The van der Waals surface area contributed by atoms with Crippen LogP contribution in [-0.4, -0.2) is 44.9 Å². The fraction of sp³-hybridized carbons (Fsp3) is 0.312. The van der Waals surface area contributed by atoms with E-state index in [0.717, 1.165) is 30.7 Å². The van der Waals surface area contributed by atoms with Crippen LogP contribution >= 0.6 is 0 Å². The van der Waals surface area contributed by atoms with Crippen molar-refractivity contribution in [1.82, 2.24) is 20.2 Å². The fourth-order valence-corrected chi connectivity index (χ4v) is 4.37. The van der Waals surface area contributed by atoms with Gasteiger partial charge in [-0.1, -0.05) is 51.3 Å². The van der Waals surface area contributed by atoms with Crippen LogP contribution in [-0.2, 0) is 11.3 Å². The third-order valence-corrected chi connectivity index (χ3v) is 6.38. The molecule has 1 fully saturated rings. The van der Waals surface area contributed by atoms with Crippen molar-refractivity contribution in [2.75, 3.05) is 18.4 Å². The molecule has 4 rings (SSSR count). The number of nitrogens with one attached hydrogen (secondary N) is 2. The molecule has 3 heterocycles. The van der Waals surface area contributed by atoms with Gasteiger partial charge in [0, 0.05) is 18.8 Å². The zero-order valence-corrected chi connectivity index (χ0v) is 24.8. The van der Waals surface area contributed by atoms with Crippen LogP contribution in [0.5, 0.6) is 0 Å². The zero-order valence-electron chi connectivity index (χ0n) is 24.8. The lowest BCUT2D eigenvalue weighted by Crippen LogP contribution is -2.26. The van der Waals surface area contributed by atoms with E-state index in [4.69, 9.17) is 5.11 Å². The average molecular weight is 580 g/mol. The maximum Gasteiger partial charge on any atom is 0.257 e. The third kappa shape index (κ3) is 7.99. The molecular weight excluding hydrogens is 540 g/mol. The second-order valence-corrected chi connectivity index (χ2v) is 9.01.